The molecule has 5 heteroatoms. The van der Waals surface area contributed by atoms with Crippen LogP contribution in [-0.2, 0) is 6.54 Å². The van der Waals surface area contributed by atoms with Crippen LogP contribution >= 0.6 is 0 Å². The molecule has 2 rings (SSSR count). The minimum absolute atomic E-state index is 0.271. The Labute approximate surface area is 105 Å². The summed E-state index contributed by atoms with van der Waals surface area (Å²) in [5, 5.41) is 6.95. The smallest absolute Gasteiger partial charge is 0.240 e. The minimum Gasteiger partial charge on any atom is -0.338 e. The number of aromatic nitrogens is 2. The fourth-order valence-corrected chi connectivity index (χ4v) is 1.60. The lowest BCUT2D eigenvalue weighted by Gasteiger charge is -1.99. The molecule has 0 aliphatic heterocycles. The Kier molecular flexibility index (Phi) is 3.84. The van der Waals surface area contributed by atoms with Crippen molar-refractivity contribution in [3.63, 3.8) is 0 Å². The largest absolute Gasteiger partial charge is 0.338 e. The first kappa shape index (κ1) is 12.4. The van der Waals surface area contributed by atoms with Gasteiger partial charge in [0.15, 0.2) is 0 Å². The Morgan fingerprint density at radius 1 is 1.50 bits per heavy atom. The van der Waals surface area contributed by atoms with Crippen LogP contribution in [0.15, 0.2) is 35.4 Å². The van der Waals surface area contributed by atoms with E-state index in [1.54, 1.807) is 12.1 Å². The second-order valence-corrected chi connectivity index (χ2v) is 3.89. The fourth-order valence-electron chi connectivity index (χ4n) is 1.60. The third-order valence-corrected chi connectivity index (χ3v) is 2.46. The van der Waals surface area contributed by atoms with E-state index < -0.39 is 0 Å². The van der Waals surface area contributed by atoms with Crippen molar-refractivity contribution in [3.8, 4) is 11.4 Å². The van der Waals surface area contributed by atoms with E-state index in [9.17, 15) is 4.39 Å². The number of nitrogens with one attached hydrogen (secondary N) is 1. The third-order valence-electron chi connectivity index (χ3n) is 2.46. The molecule has 0 radical (unpaired) electrons. The van der Waals surface area contributed by atoms with Crippen LogP contribution in [0.1, 0.15) is 11.5 Å². The van der Waals surface area contributed by atoms with Crippen LogP contribution in [0.3, 0.4) is 0 Å². The van der Waals surface area contributed by atoms with Crippen LogP contribution in [0.2, 0.25) is 0 Å². The van der Waals surface area contributed by atoms with E-state index in [2.05, 4.69) is 22.0 Å². The van der Waals surface area contributed by atoms with Crippen molar-refractivity contribution >= 4 is 0 Å². The van der Waals surface area contributed by atoms with Crippen molar-refractivity contribution in [2.75, 3.05) is 6.54 Å². The molecule has 0 spiro atoms. The van der Waals surface area contributed by atoms with Gasteiger partial charge in [-0.2, -0.15) is 4.98 Å². The number of aryl methyl sites for hydroxylation is 1. The van der Waals surface area contributed by atoms with Gasteiger partial charge in [-0.3, -0.25) is 0 Å². The van der Waals surface area contributed by atoms with Gasteiger partial charge >= 0.3 is 0 Å². The fraction of sp³-hybridized carbons (Fsp3) is 0.231. The monoisotopic (exact) mass is 247 g/mol. The Morgan fingerprint density at radius 3 is 3.06 bits per heavy atom. The van der Waals surface area contributed by atoms with Gasteiger partial charge in [-0.25, -0.2) is 4.39 Å². The van der Waals surface area contributed by atoms with Gasteiger partial charge in [-0.05, 0) is 30.7 Å². The summed E-state index contributed by atoms with van der Waals surface area (Å²) in [5.74, 6) is 0.700. The van der Waals surface area contributed by atoms with Crippen LogP contribution in [0, 0.1) is 12.7 Å². The van der Waals surface area contributed by atoms with Crippen molar-refractivity contribution in [2.45, 2.75) is 13.5 Å². The van der Waals surface area contributed by atoms with Gasteiger partial charge in [0.1, 0.15) is 5.82 Å². The Balaban J connectivity index is 2.16. The van der Waals surface area contributed by atoms with Crippen LogP contribution in [-0.4, -0.2) is 16.7 Å². The molecule has 0 saturated heterocycles. The summed E-state index contributed by atoms with van der Waals surface area (Å²) in [7, 11) is 0. The molecule has 18 heavy (non-hydrogen) atoms. The zero-order valence-electron chi connectivity index (χ0n) is 10.1. The first-order chi connectivity index (χ1) is 8.70. The summed E-state index contributed by atoms with van der Waals surface area (Å²) in [6.45, 7) is 6.57. The van der Waals surface area contributed by atoms with Gasteiger partial charge in [0.25, 0.3) is 0 Å². The van der Waals surface area contributed by atoms with E-state index in [0.717, 1.165) is 11.1 Å². The Morgan fingerprint density at radius 2 is 2.33 bits per heavy atom. The highest BCUT2D eigenvalue weighted by Gasteiger charge is 2.10. The Bertz CT molecular complexity index is 551. The minimum atomic E-state index is -0.271. The van der Waals surface area contributed by atoms with E-state index in [4.69, 9.17) is 4.52 Å². The second-order valence-electron chi connectivity index (χ2n) is 3.89. The first-order valence-corrected chi connectivity index (χ1v) is 5.61. The maximum absolute atomic E-state index is 13.0. The molecule has 1 aromatic carbocycles. The predicted molar refractivity (Wildman–Crippen MR) is 66.3 cm³/mol. The molecule has 0 saturated carbocycles. The normalized spacial score (nSPS) is 10.6. The van der Waals surface area contributed by atoms with Crippen molar-refractivity contribution < 1.29 is 8.91 Å². The lowest BCUT2D eigenvalue weighted by Crippen LogP contribution is -2.12. The highest BCUT2D eigenvalue weighted by Crippen LogP contribution is 2.21. The van der Waals surface area contributed by atoms with E-state index in [1.165, 1.54) is 12.1 Å². The number of nitrogens with zero attached hydrogens (tertiary/aromatic N) is 2. The van der Waals surface area contributed by atoms with Crippen molar-refractivity contribution in [2.24, 2.45) is 0 Å². The topological polar surface area (TPSA) is 51.0 Å². The van der Waals surface area contributed by atoms with Crippen LogP contribution < -0.4 is 5.32 Å². The van der Waals surface area contributed by atoms with Crippen LogP contribution in [0.5, 0.6) is 0 Å². The molecule has 2 aromatic rings. The molecule has 0 aliphatic rings. The van der Waals surface area contributed by atoms with Crippen molar-refractivity contribution in [1.82, 2.24) is 15.5 Å². The third kappa shape index (κ3) is 2.81. The molecular formula is C13H14FN3O. The number of rotatable bonds is 5. The van der Waals surface area contributed by atoms with Gasteiger partial charge in [0.2, 0.25) is 11.7 Å². The maximum atomic E-state index is 13.0. The summed E-state index contributed by atoms with van der Waals surface area (Å²) in [6.07, 6.45) is 1.75. The first-order valence-electron chi connectivity index (χ1n) is 5.61. The van der Waals surface area contributed by atoms with Gasteiger partial charge in [0, 0.05) is 12.1 Å². The standard InChI is InChI=1S/C13H14FN3O/c1-3-6-15-8-12-16-13(17-18-12)11-5-4-10(14)7-9(11)2/h3-5,7,15H,1,6,8H2,2H3. The molecule has 0 unspecified atom stereocenters. The average molecular weight is 247 g/mol. The van der Waals surface area contributed by atoms with Crippen LogP contribution in [0.4, 0.5) is 4.39 Å². The highest BCUT2D eigenvalue weighted by molar-refractivity contribution is 5.59. The number of halogens is 1. The SMILES string of the molecule is C=CCNCc1nc(-c2ccc(F)cc2C)no1. The average Bonchev–Trinajstić information content (AvgIpc) is 2.78. The van der Waals surface area contributed by atoms with E-state index in [0.29, 0.717) is 24.8 Å². The highest BCUT2D eigenvalue weighted by atomic mass is 19.1. The van der Waals surface area contributed by atoms with Crippen LogP contribution in [0.25, 0.3) is 11.4 Å². The molecule has 0 aliphatic carbocycles. The molecule has 0 bridgehead atoms. The number of hydrogen-bond acceptors (Lipinski definition) is 4. The number of hydrogen-bond donors (Lipinski definition) is 1. The van der Waals surface area contributed by atoms with Gasteiger partial charge < -0.3 is 9.84 Å². The van der Waals surface area contributed by atoms with E-state index >= 15 is 0 Å². The molecular weight excluding hydrogens is 233 g/mol. The summed E-state index contributed by atoms with van der Waals surface area (Å²) >= 11 is 0. The summed E-state index contributed by atoms with van der Waals surface area (Å²) in [4.78, 5) is 4.25. The van der Waals surface area contributed by atoms with Crippen molar-refractivity contribution in [1.29, 1.82) is 0 Å². The summed E-state index contributed by atoms with van der Waals surface area (Å²) < 4.78 is 18.1. The molecule has 1 aromatic heterocycles. The molecule has 94 valence electrons. The molecule has 1 heterocycles. The zero-order valence-corrected chi connectivity index (χ0v) is 10.1. The lowest BCUT2D eigenvalue weighted by molar-refractivity contribution is 0.370. The molecule has 0 fully saturated rings. The van der Waals surface area contributed by atoms with Gasteiger partial charge in [-0.1, -0.05) is 11.2 Å². The van der Waals surface area contributed by atoms with Gasteiger partial charge in [-0.15, -0.1) is 6.58 Å². The van der Waals surface area contributed by atoms with E-state index in [-0.39, 0.29) is 5.82 Å². The number of benzene rings is 1. The molecule has 4 nitrogen and oxygen atoms in total. The molecule has 0 amide bonds. The Hall–Kier alpha value is -2.01. The van der Waals surface area contributed by atoms with Crippen molar-refractivity contribution in [3.05, 3.63) is 48.1 Å². The van der Waals surface area contributed by atoms with Gasteiger partial charge in [0.05, 0.1) is 6.54 Å². The quantitative estimate of drug-likeness (QED) is 0.651. The predicted octanol–water partition coefficient (Wildman–Crippen LogP) is 2.46. The summed E-state index contributed by atoms with van der Waals surface area (Å²) in [6, 6.07) is 4.48. The molecule has 0 atom stereocenters. The zero-order chi connectivity index (χ0) is 13.0. The molecule has 1 N–H and O–H groups in total. The maximum Gasteiger partial charge on any atom is 0.240 e. The van der Waals surface area contributed by atoms with E-state index in [1.807, 2.05) is 6.92 Å². The summed E-state index contributed by atoms with van der Waals surface area (Å²) in [5.41, 5.74) is 1.55. The second kappa shape index (κ2) is 5.55. The lowest BCUT2D eigenvalue weighted by atomic mass is 10.1.